The first-order valence-corrected chi connectivity index (χ1v) is 17.8. The van der Waals surface area contributed by atoms with Crippen LogP contribution in [0.1, 0.15) is 37.3 Å². The lowest BCUT2D eigenvalue weighted by Crippen LogP contribution is -2.48. The number of carbonyl (C=O) groups excluding carboxylic acids is 1. The molecule has 0 unspecified atom stereocenters. The second-order valence-electron chi connectivity index (χ2n) is 11.7. The zero-order valence-corrected chi connectivity index (χ0v) is 28.2. The predicted molar refractivity (Wildman–Crippen MR) is 182 cm³/mol. The normalized spacial score (nSPS) is 13.6. The molecule has 5 aromatic rings. The summed E-state index contributed by atoms with van der Waals surface area (Å²) in [5.41, 5.74) is 3.02. The van der Waals surface area contributed by atoms with Crippen LogP contribution in [0.5, 0.6) is 0 Å². The lowest BCUT2D eigenvalue weighted by molar-refractivity contribution is -0.129. The number of nitrogens with zero attached hydrogens (tertiary/aromatic N) is 6. The first kappa shape index (κ1) is 33.1. The third-order valence-electron chi connectivity index (χ3n) is 7.86. The van der Waals surface area contributed by atoms with Gasteiger partial charge in [-0.25, -0.2) is 37.1 Å². The number of hydrogen-bond acceptors (Lipinski definition) is 10. The van der Waals surface area contributed by atoms with Crippen LogP contribution in [0.15, 0.2) is 78.0 Å². The van der Waals surface area contributed by atoms with Crippen LogP contribution in [0.3, 0.4) is 0 Å². The fraction of sp³-hybridized carbons (Fsp3) is 0.265. The maximum atomic E-state index is 14.3. The molecule has 2 aromatic carbocycles. The smallest absolute Gasteiger partial charge is 0.227 e. The molecular formula is C34H33F2N7O3S2. The third-order valence-corrected chi connectivity index (χ3v) is 10.9. The van der Waals surface area contributed by atoms with Gasteiger partial charge in [0, 0.05) is 50.8 Å². The number of benzene rings is 2. The molecule has 0 spiro atoms. The summed E-state index contributed by atoms with van der Waals surface area (Å²) in [5, 5.41) is 4.09. The molecule has 4 heterocycles. The summed E-state index contributed by atoms with van der Waals surface area (Å²) in [6.07, 6.45) is 3.36. The van der Waals surface area contributed by atoms with Gasteiger partial charge in [0.2, 0.25) is 11.9 Å². The van der Waals surface area contributed by atoms with E-state index in [1.54, 1.807) is 43.6 Å². The third kappa shape index (κ3) is 7.34. The van der Waals surface area contributed by atoms with Gasteiger partial charge >= 0.3 is 0 Å². The average molecular weight is 690 g/mol. The number of rotatable bonds is 9. The Bertz CT molecular complexity index is 2060. The summed E-state index contributed by atoms with van der Waals surface area (Å²) < 4.78 is 54.2. The number of thiazole rings is 1. The van der Waals surface area contributed by atoms with Gasteiger partial charge in [-0.1, -0.05) is 32.0 Å². The molecular weight excluding hydrogens is 657 g/mol. The molecule has 0 atom stereocenters. The molecule has 0 aliphatic carbocycles. The number of carbonyl (C=O) groups is 1. The molecule has 1 saturated heterocycles. The van der Waals surface area contributed by atoms with Gasteiger partial charge in [0.25, 0.3) is 0 Å². The zero-order chi connectivity index (χ0) is 34.0. The highest BCUT2D eigenvalue weighted by Gasteiger charge is 2.23. The summed E-state index contributed by atoms with van der Waals surface area (Å²) in [6.45, 7) is 8.40. The molecule has 10 nitrogen and oxygen atoms in total. The Morgan fingerprint density at radius 1 is 0.979 bits per heavy atom. The number of sulfone groups is 1. The van der Waals surface area contributed by atoms with Crippen LogP contribution in [-0.4, -0.2) is 65.3 Å². The summed E-state index contributed by atoms with van der Waals surface area (Å²) in [4.78, 5) is 34.4. The number of piperazine rings is 1. The highest BCUT2D eigenvalue weighted by Crippen LogP contribution is 2.39. The minimum absolute atomic E-state index is 0.0784. The Labute approximate surface area is 281 Å². The highest BCUT2D eigenvalue weighted by atomic mass is 32.2. The van der Waals surface area contributed by atoms with Crippen LogP contribution in [0.25, 0.3) is 21.8 Å². The van der Waals surface area contributed by atoms with Crippen molar-refractivity contribution in [1.82, 2.24) is 24.8 Å². The summed E-state index contributed by atoms with van der Waals surface area (Å²) in [6, 6.07) is 14.9. The van der Waals surface area contributed by atoms with E-state index in [2.05, 4.69) is 20.2 Å². The van der Waals surface area contributed by atoms with Gasteiger partial charge in [0.1, 0.15) is 22.3 Å². The summed E-state index contributed by atoms with van der Waals surface area (Å²) in [5.74, 6) is -0.957. The van der Waals surface area contributed by atoms with Gasteiger partial charge in [0.05, 0.1) is 38.9 Å². The Morgan fingerprint density at radius 2 is 1.77 bits per heavy atom. The lowest BCUT2D eigenvalue weighted by atomic mass is 10.1. The van der Waals surface area contributed by atoms with E-state index in [9.17, 15) is 22.0 Å². The molecule has 1 N–H and O–H groups in total. The van der Waals surface area contributed by atoms with Crippen LogP contribution < -0.4 is 10.2 Å². The van der Waals surface area contributed by atoms with Gasteiger partial charge in [-0.2, -0.15) is 0 Å². The van der Waals surface area contributed by atoms with Crippen molar-refractivity contribution in [3.05, 3.63) is 95.3 Å². The van der Waals surface area contributed by atoms with E-state index in [0.717, 1.165) is 27.8 Å². The molecule has 14 heteroatoms. The van der Waals surface area contributed by atoms with Gasteiger partial charge in [0.15, 0.2) is 9.84 Å². The van der Waals surface area contributed by atoms with Crippen molar-refractivity contribution >= 4 is 44.5 Å². The van der Waals surface area contributed by atoms with Crippen molar-refractivity contribution in [3.8, 4) is 21.8 Å². The Balaban J connectivity index is 1.24. The van der Waals surface area contributed by atoms with Gasteiger partial charge < -0.3 is 15.1 Å². The van der Waals surface area contributed by atoms with Crippen LogP contribution >= 0.6 is 11.3 Å². The average Bonchev–Trinajstić information content (AvgIpc) is 3.53. The second-order valence-corrected chi connectivity index (χ2v) is 14.7. The quantitative estimate of drug-likeness (QED) is 0.186. The Kier molecular flexibility index (Phi) is 9.47. The van der Waals surface area contributed by atoms with E-state index in [1.165, 1.54) is 11.3 Å². The monoisotopic (exact) mass is 689 g/mol. The van der Waals surface area contributed by atoms with E-state index in [4.69, 9.17) is 9.97 Å². The van der Waals surface area contributed by atoms with Crippen molar-refractivity contribution < 1.29 is 22.0 Å². The molecule has 248 valence electrons. The van der Waals surface area contributed by atoms with E-state index in [1.807, 2.05) is 36.9 Å². The number of pyridine rings is 1. The van der Waals surface area contributed by atoms with E-state index < -0.39 is 32.1 Å². The number of amides is 1. The molecule has 1 fully saturated rings. The molecule has 6 rings (SSSR count). The maximum Gasteiger partial charge on any atom is 0.227 e. The number of nitrogens with one attached hydrogen (secondary N) is 1. The molecule has 48 heavy (non-hydrogen) atoms. The molecule has 1 aliphatic rings. The van der Waals surface area contributed by atoms with Crippen molar-refractivity contribution in [1.29, 1.82) is 0 Å². The minimum Gasteiger partial charge on any atom is -0.353 e. The van der Waals surface area contributed by atoms with Crippen molar-refractivity contribution in [2.24, 2.45) is 0 Å². The molecule has 0 bridgehead atoms. The first-order valence-electron chi connectivity index (χ1n) is 15.3. The van der Waals surface area contributed by atoms with E-state index in [-0.39, 0.29) is 11.8 Å². The predicted octanol–water partition coefficient (Wildman–Crippen LogP) is 6.45. The lowest BCUT2D eigenvalue weighted by Gasteiger charge is -2.34. The standard InChI is InChI=1S/C34H33F2N7O3S2/c1-21(2)33-41-31(24-6-4-5-23(17-24)20-48(45,46)29-18-25(35)7-9-27(29)36)32(47-33)28-11-12-37-34(40-28)39-26-8-10-30(38-19-26)43-15-13-42(14-16-43)22(3)44/h4-12,17-19,21H,13-16,20H2,1-3H3,(H,37,39,40). The highest BCUT2D eigenvalue weighted by molar-refractivity contribution is 7.90. The number of hydrogen-bond donors (Lipinski definition) is 1. The summed E-state index contributed by atoms with van der Waals surface area (Å²) in [7, 11) is -4.17. The van der Waals surface area contributed by atoms with Crippen LogP contribution in [0.2, 0.25) is 0 Å². The van der Waals surface area contributed by atoms with E-state index in [0.29, 0.717) is 66.4 Å². The second kappa shape index (κ2) is 13.7. The van der Waals surface area contributed by atoms with Crippen LogP contribution in [0.4, 0.5) is 26.2 Å². The fourth-order valence-electron chi connectivity index (χ4n) is 5.35. The number of halogens is 2. The summed E-state index contributed by atoms with van der Waals surface area (Å²) >= 11 is 1.49. The topological polar surface area (TPSA) is 121 Å². The molecule has 1 aliphatic heterocycles. The van der Waals surface area contributed by atoms with Crippen LogP contribution in [-0.2, 0) is 20.4 Å². The first-order chi connectivity index (χ1) is 23.0. The number of aromatic nitrogens is 4. The SMILES string of the molecule is CC(=O)N1CCN(c2ccc(Nc3nccc(-c4sc(C(C)C)nc4-c4cccc(CS(=O)(=O)c5cc(F)ccc5F)c4)n3)cn2)CC1. The fourth-order valence-corrected chi connectivity index (χ4v) is 7.84. The Morgan fingerprint density at radius 3 is 2.48 bits per heavy atom. The molecule has 3 aromatic heterocycles. The number of anilines is 3. The Hall–Kier alpha value is -4.82. The minimum atomic E-state index is -4.17. The van der Waals surface area contributed by atoms with Gasteiger partial charge in [-0.15, -0.1) is 11.3 Å². The van der Waals surface area contributed by atoms with Gasteiger partial charge in [-0.3, -0.25) is 4.79 Å². The molecule has 0 radical (unpaired) electrons. The largest absolute Gasteiger partial charge is 0.353 e. The zero-order valence-electron chi connectivity index (χ0n) is 26.5. The maximum absolute atomic E-state index is 14.3. The molecule has 1 amide bonds. The van der Waals surface area contributed by atoms with Crippen molar-refractivity contribution in [2.75, 3.05) is 36.4 Å². The van der Waals surface area contributed by atoms with Crippen LogP contribution in [0, 0.1) is 11.6 Å². The molecule has 0 saturated carbocycles. The van der Waals surface area contributed by atoms with Crippen molar-refractivity contribution in [3.63, 3.8) is 0 Å². The van der Waals surface area contributed by atoms with Crippen molar-refractivity contribution in [2.45, 2.75) is 37.3 Å². The van der Waals surface area contributed by atoms with E-state index >= 15 is 0 Å². The van der Waals surface area contributed by atoms with Gasteiger partial charge in [-0.05, 0) is 48.0 Å².